The number of rotatable bonds is 25. The van der Waals surface area contributed by atoms with Crippen molar-refractivity contribution in [2.45, 2.75) is 104 Å². The van der Waals surface area contributed by atoms with Crippen LogP contribution < -0.4 is 0 Å². The van der Waals surface area contributed by atoms with Gasteiger partial charge in [0.15, 0.2) is 0 Å². The highest BCUT2D eigenvalue weighted by Crippen LogP contribution is 2.29. The molecular weight excluding hydrogens is 678 g/mol. The van der Waals surface area contributed by atoms with Crippen molar-refractivity contribution in [3.8, 4) is 0 Å². The molecule has 0 saturated heterocycles. The number of Topliss-reactive ketones (excluding diaryl/α,β-unsaturated/α-hetero) is 2. The molecule has 5 nitrogen and oxygen atoms in total. The summed E-state index contributed by atoms with van der Waals surface area (Å²) in [5.74, 6) is 0.218. The number of aromatic nitrogens is 1. The number of fused-ring (bicyclic) bond motifs is 1. The summed E-state index contributed by atoms with van der Waals surface area (Å²) in [5, 5.41) is 1.50. The van der Waals surface area contributed by atoms with Crippen molar-refractivity contribution >= 4 is 40.0 Å². The lowest BCUT2D eigenvalue weighted by Crippen LogP contribution is -2.14. The van der Waals surface area contributed by atoms with E-state index in [0.29, 0.717) is 55.9 Å². The summed E-state index contributed by atoms with van der Waals surface area (Å²) in [6.07, 6.45) is 35.8. The first-order valence-electron chi connectivity index (χ1n) is 19.2. The second-order valence-electron chi connectivity index (χ2n) is 13.3. The van der Waals surface area contributed by atoms with Crippen LogP contribution in [0.3, 0.4) is 0 Å². The van der Waals surface area contributed by atoms with Crippen LogP contribution in [0.4, 0.5) is 0 Å². The van der Waals surface area contributed by atoms with Gasteiger partial charge >= 0.3 is 0 Å². The number of carbonyl (C=O) groups is 3. The lowest BCUT2D eigenvalue weighted by molar-refractivity contribution is -0.119. The molecule has 0 aliphatic rings. The molecule has 0 spiro atoms. The first kappa shape index (κ1) is 43.1. The second kappa shape index (κ2) is 25.6. The zero-order valence-corrected chi connectivity index (χ0v) is 32.8. The summed E-state index contributed by atoms with van der Waals surface area (Å²) in [4.78, 5) is 38.8. The van der Waals surface area contributed by atoms with Crippen LogP contribution in [0.25, 0.3) is 10.9 Å². The van der Waals surface area contributed by atoms with E-state index < -0.39 is 0 Å². The van der Waals surface area contributed by atoms with Gasteiger partial charge in [-0.05, 0) is 114 Å². The summed E-state index contributed by atoms with van der Waals surface area (Å²) >= 11 is 6.04. The van der Waals surface area contributed by atoms with Crippen molar-refractivity contribution in [3.05, 3.63) is 143 Å². The fourth-order valence-electron chi connectivity index (χ4n) is 5.94. The van der Waals surface area contributed by atoms with Crippen LogP contribution in [0.5, 0.6) is 0 Å². The fraction of sp³-hybridized carbons (Fsp3) is 0.383. The third kappa shape index (κ3) is 16.5. The van der Waals surface area contributed by atoms with Crippen LogP contribution in [0.1, 0.15) is 111 Å². The van der Waals surface area contributed by atoms with Crippen LogP contribution in [0, 0.1) is 13.8 Å². The molecule has 2 aromatic carbocycles. The largest absolute Gasteiger partial charge is 0.381 e. The van der Waals surface area contributed by atoms with Gasteiger partial charge in [0.2, 0.25) is 0 Å². The molecular formula is C47H58ClNO4. The standard InChI is InChI=1S/C47H58ClNO4/c1-4-5-6-7-8-9-10-11-12-13-14-15-16-17-18-19-20-21-22-25-42(50)26-23-34-53-35-24-27-43(51)37-44-39(3)49(46-33-28-38(2)36-45(44)46)47(52)40-29-31-41(48)32-30-40/h5-6,8-9,11-12,14-15,17-18,20-21,28-33,36H,4,7,10,13,16,19,22-27,34-35,37H2,1-3H3/b6-5-,9-8-,12-11-,15-14-,18-17-,21-20-. The molecule has 0 aliphatic carbocycles. The Morgan fingerprint density at radius 1 is 0.660 bits per heavy atom. The highest BCUT2D eigenvalue weighted by molar-refractivity contribution is 6.30. The third-order valence-electron chi connectivity index (χ3n) is 8.83. The fourth-order valence-corrected chi connectivity index (χ4v) is 6.07. The van der Waals surface area contributed by atoms with Crippen molar-refractivity contribution in [3.63, 3.8) is 0 Å². The molecule has 1 heterocycles. The molecule has 0 aliphatic heterocycles. The molecule has 0 radical (unpaired) electrons. The van der Waals surface area contributed by atoms with E-state index in [1.807, 2.05) is 32.0 Å². The van der Waals surface area contributed by atoms with E-state index in [1.165, 1.54) is 0 Å². The van der Waals surface area contributed by atoms with E-state index in [1.54, 1.807) is 28.8 Å². The number of hydrogen-bond donors (Lipinski definition) is 0. The summed E-state index contributed by atoms with van der Waals surface area (Å²) in [7, 11) is 0. The Morgan fingerprint density at radius 3 is 1.75 bits per heavy atom. The smallest absolute Gasteiger partial charge is 0.262 e. The third-order valence-corrected chi connectivity index (χ3v) is 9.09. The number of allylic oxidation sites excluding steroid dienone is 12. The number of ether oxygens (including phenoxy) is 1. The van der Waals surface area contributed by atoms with Crippen molar-refractivity contribution in [1.82, 2.24) is 4.57 Å². The van der Waals surface area contributed by atoms with E-state index >= 15 is 0 Å². The number of ketones is 2. The minimum atomic E-state index is -0.146. The Kier molecular flexibility index (Phi) is 20.8. The van der Waals surface area contributed by atoms with E-state index in [2.05, 4.69) is 79.8 Å². The van der Waals surface area contributed by atoms with E-state index in [0.717, 1.165) is 72.7 Å². The number of halogens is 1. The summed E-state index contributed by atoms with van der Waals surface area (Å²) in [6, 6.07) is 12.8. The van der Waals surface area contributed by atoms with Crippen molar-refractivity contribution in [2.24, 2.45) is 0 Å². The Labute approximate surface area is 322 Å². The molecule has 0 amide bonds. The maximum atomic E-state index is 13.5. The lowest BCUT2D eigenvalue weighted by atomic mass is 10.0. The highest BCUT2D eigenvalue weighted by atomic mass is 35.5. The van der Waals surface area contributed by atoms with Gasteiger partial charge < -0.3 is 4.74 Å². The number of carbonyl (C=O) groups excluding carboxylic acids is 3. The molecule has 3 aromatic rings. The lowest BCUT2D eigenvalue weighted by Gasteiger charge is -2.08. The number of hydrogen-bond acceptors (Lipinski definition) is 4. The molecule has 3 rings (SSSR count). The molecule has 0 saturated carbocycles. The van der Waals surface area contributed by atoms with E-state index in [4.69, 9.17) is 16.3 Å². The van der Waals surface area contributed by atoms with Crippen LogP contribution >= 0.6 is 11.6 Å². The van der Waals surface area contributed by atoms with Crippen molar-refractivity contribution in [1.29, 1.82) is 0 Å². The van der Waals surface area contributed by atoms with Crippen LogP contribution in [0.2, 0.25) is 5.02 Å². The van der Waals surface area contributed by atoms with Crippen LogP contribution in [0.15, 0.2) is 115 Å². The molecule has 6 heteroatoms. The molecule has 282 valence electrons. The van der Waals surface area contributed by atoms with Gasteiger partial charge in [-0.2, -0.15) is 0 Å². The molecule has 1 aromatic heterocycles. The van der Waals surface area contributed by atoms with Crippen molar-refractivity contribution < 1.29 is 19.1 Å². The Balaban J connectivity index is 1.24. The van der Waals surface area contributed by atoms with Crippen LogP contribution in [-0.2, 0) is 20.7 Å². The predicted molar refractivity (Wildman–Crippen MR) is 223 cm³/mol. The summed E-state index contributed by atoms with van der Waals surface area (Å²) in [6.45, 7) is 7.05. The molecule has 0 atom stereocenters. The second-order valence-corrected chi connectivity index (χ2v) is 13.7. The van der Waals surface area contributed by atoms with Gasteiger partial charge in [-0.25, -0.2) is 0 Å². The quantitative estimate of drug-likeness (QED) is 0.0642. The molecule has 0 bridgehead atoms. The average molecular weight is 736 g/mol. The van der Waals surface area contributed by atoms with Gasteiger partial charge in [-0.15, -0.1) is 0 Å². The molecule has 53 heavy (non-hydrogen) atoms. The minimum absolute atomic E-state index is 0.112. The molecule has 0 N–H and O–H groups in total. The number of nitrogens with zero attached hydrogens (tertiary/aromatic N) is 1. The maximum absolute atomic E-state index is 13.5. The van der Waals surface area contributed by atoms with Gasteiger partial charge in [0.25, 0.3) is 5.91 Å². The number of benzene rings is 2. The Morgan fingerprint density at radius 2 is 1.19 bits per heavy atom. The van der Waals surface area contributed by atoms with E-state index in [-0.39, 0.29) is 23.9 Å². The van der Waals surface area contributed by atoms with Gasteiger partial charge in [0.1, 0.15) is 11.6 Å². The first-order valence-corrected chi connectivity index (χ1v) is 19.6. The van der Waals surface area contributed by atoms with E-state index in [9.17, 15) is 14.4 Å². The first-order chi connectivity index (χ1) is 25.8. The van der Waals surface area contributed by atoms with Gasteiger partial charge in [-0.1, -0.05) is 103 Å². The molecule has 0 unspecified atom stereocenters. The molecule has 0 fully saturated rings. The van der Waals surface area contributed by atoms with Crippen LogP contribution in [-0.4, -0.2) is 35.3 Å². The predicted octanol–water partition coefficient (Wildman–Crippen LogP) is 12.3. The van der Waals surface area contributed by atoms with Gasteiger partial charge in [-0.3, -0.25) is 19.0 Å². The maximum Gasteiger partial charge on any atom is 0.262 e. The summed E-state index contributed by atoms with van der Waals surface area (Å²) in [5.41, 5.74) is 4.07. The zero-order valence-electron chi connectivity index (χ0n) is 32.0. The number of aryl methyl sites for hydroxylation is 1. The highest BCUT2D eigenvalue weighted by Gasteiger charge is 2.21. The SMILES string of the molecule is CC/C=C\C/C=C\C/C=C\C/C=C\C/C=C\C/C=C\CCC(=O)CCCOCCCC(=O)Cc1c(C)n(C(=O)c2ccc(Cl)cc2)c2ccc(C)cc12. The monoisotopic (exact) mass is 735 g/mol. The summed E-state index contributed by atoms with van der Waals surface area (Å²) < 4.78 is 7.44. The topological polar surface area (TPSA) is 65.4 Å². The minimum Gasteiger partial charge on any atom is -0.381 e. The normalized spacial score (nSPS) is 12.4. The zero-order chi connectivity index (χ0) is 38.1. The van der Waals surface area contributed by atoms with Crippen molar-refractivity contribution in [2.75, 3.05) is 13.2 Å². The Bertz CT molecular complexity index is 1770. The van der Waals surface area contributed by atoms with Gasteiger partial charge in [0.05, 0.1) is 5.52 Å². The average Bonchev–Trinajstić information content (AvgIpc) is 3.41. The van der Waals surface area contributed by atoms with Gasteiger partial charge in [0, 0.05) is 60.6 Å². The Hall–Kier alpha value is -4.32.